The van der Waals surface area contributed by atoms with Gasteiger partial charge in [-0.3, -0.25) is 14.9 Å². The van der Waals surface area contributed by atoms with Crippen LogP contribution in [0.2, 0.25) is 0 Å². The van der Waals surface area contributed by atoms with E-state index >= 15 is 0 Å². The number of nitro groups is 1. The standard InChI is InChI=1S/C10H15N5O3/c1-3-12-9(16)6-14(2)10-7(15(17)18)4-5-8(11)13-10/h4-5H,3,6H2,1-2H3,(H2,11,13)(H,12,16). The van der Waals surface area contributed by atoms with E-state index in [9.17, 15) is 14.9 Å². The molecule has 3 N–H and O–H groups in total. The van der Waals surface area contributed by atoms with Crippen molar-refractivity contribution in [3.63, 3.8) is 0 Å². The number of anilines is 2. The van der Waals surface area contributed by atoms with Crippen molar-refractivity contribution >= 4 is 23.2 Å². The number of carbonyl (C=O) groups excluding carboxylic acids is 1. The molecule has 1 heterocycles. The Bertz CT molecular complexity index is 463. The number of pyridine rings is 1. The molecular formula is C10H15N5O3. The number of nitrogen functional groups attached to an aromatic ring is 1. The summed E-state index contributed by atoms with van der Waals surface area (Å²) in [6.45, 7) is 2.27. The second kappa shape index (κ2) is 5.80. The Morgan fingerprint density at radius 2 is 2.28 bits per heavy atom. The Labute approximate surface area is 104 Å². The molecule has 0 aliphatic heterocycles. The van der Waals surface area contributed by atoms with E-state index in [0.29, 0.717) is 6.54 Å². The number of nitrogens with one attached hydrogen (secondary N) is 1. The van der Waals surface area contributed by atoms with Crippen LogP contribution in [0.25, 0.3) is 0 Å². The number of amides is 1. The van der Waals surface area contributed by atoms with Gasteiger partial charge in [0.15, 0.2) is 0 Å². The fourth-order valence-corrected chi connectivity index (χ4v) is 1.42. The lowest BCUT2D eigenvalue weighted by atomic mass is 10.3. The largest absolute Gasteiger partial charge is 0.384 e. The van der Waals surface area contributed by atoms with Gasteiger partial charge in [0.25, 0.3) is 0 Å². The van der Waals surface area contributed by atoms with Gasteiger partial charge in [-0.05, 0) is 13.0 Å². The summed E-state index contributed by atoms with van der Waals surface area (Å²) in [5, 5.41) is 13.4. The van der Waals surface area contributed by atoms with Crippen molar-refractivity contribution in [1.29, 1.82) is 0 Å². The molecule has 1 amide bonds. The minimum atomic E-state index is -0.560. The molecule has 8 nitrogen and oxygen atoms in total. The predicted octanol–water partition coefficient (Wildman–Crippen LogP) is 0.144. The third-order valence-electron chi connectivity index (χ3n) is 2.19. The third kappa shape index (κ3) is 3.30. The molecular weight excluding hydrogens is 238 g/mol. The Balaban J connectivity index is 2.96. The SMILES string of the molecule is CCNC(=O)CN(C)c1nc(N)ccc1[N+](=O)[O-]. The highest BCUT2D eigenvalue weighted by molar-refractivity contribution is 5.81. The molecule has 0 aromatic carbocycles. The van der Waals surface area contributed by atoms with Crippen LogP contribution in [0, 0.1) is 10.1 Å². The molecule has 8 heteroatoms. The molecule has 0 saturated heterocycles. The zero-order valence-electron chi connectivity index (χ0n) is 10.2. The number of hydrogen-bond acceptors (Lipinski definition) is 6. The minimum Gasteiger partial charge on any atom is -0.384 e. The van der Waals surface area contributed by atoms with Gasteiger partial charge in [0, 0.05) is 19.7 Å². The van der Waals surface area contributed by atoms with Crippen molar-refractivity contribution in [1.82, 2.24) is 10.3 Å². The summed E-state index contributed by atoms with van der Waals surface area (Å²) < 4.78 is 0. The lowest BCUT2D eigenvalue weighted by Gasteiger charge is -2.17. The molecule has 0 radical (unpaired) electrons. The third-order valence-corrected chi connectivity index (χ3v) is 2.19. The average Bonchev–Trinajstić information content (AvgIpc) is 2.28. The van der Waals surface area contributed by atoms with Gasteiger partial charge < -0.3 is 16.0 Å². The van der Waals surface area contributed by atoms with Crippen molar-refractivity contribution < 1.29 is 9.72 Å². The van der Waals surface area contributed by atoms with Crippen molar-refractivity contribution in [2.75, 3.05) is 30.8 Å². The second-order valence-corrected chi connectivity index (χ2v) is 3.65. The summed E-state index contributed by atoms with van der Waals surface area (Å²) in [6.07, 6.45) is 0. The molecule has 0 unspecified atom stereocenters. The van der Waals surface area contributed by atoms with E-state index in [0.717, 1.165) is 0 Å². The maximum absolute atomic E-state index is 11.4. The number of rotatable bonds is 5. The topological polar surface area (TPSA) is 114 Å². The maximum atomic E-state index is 11.4. The molecule has 0 spiro atoms. The summed E-state index contributed by atoms with van der Waals surface area (Å²) in [5.41, 5.74) is 5.31. The van der Waals surface area contributed by atoms with Crippen molar-refractivity contribution in [2.24, 2.45) is 0 Å². The van der Waals surface area contributed by atoms with Crippen LogP contribution >= 0.6 is 0 Å². The highest BCUT2D eigenvalue weighted by Crippen LogP contribution is 2.25. The first-order chi connectivity index (χ1) is 8.45. The Kier molecular flexibility index (Phi) is 4.41. The van der Waals surface area contributed by atoms with E-state index in [1.54, 1.807) is 14.0 Å². The van der Waals surface area contributed by atoms with E-state index in [-0.39, 0.29) is 29.8 Å². The number of likely N-dealkylation sites (N-methyl/N-ethyl adjacent to an activating group) is 2. The molecule has 0 atom stereocenters. The highest BCUT2D eigenvalue weighted by atomic mass is 16.6. The number of nitrogens with zero attached hydrogens (tertiary/aromatic N) is 3. The molecule has 98 valence electrons. The second-order valence-electron chi connectivity index (χ2n) is 3.65. The first-order valence-corrected chi connectivity index (χ1v) is 5.34. The predicted molar refractivity (Wildman–Crippen MR) is 67.3 cm³/mol. The van der Waals surface area contributed by atoms with Crippen LogP contribution in [0.5, 0.6) is 0 Å². The van der Waals surface area contributed by atoms with Gasteiger partial charge in [0.05, 0.1) is 11.5 Å². The lowest BCUT2D eigenvalue weighted by molar-refractivity contribution is -0.384. The smallest absolute Gasteiger partial charge is 0.311 e. The van der Waals surface area contributed by atoms with Crippen molar-refractivity contribution in [3.8, 4) is 0 Å². The van der Waals surface area contributed by atoms with Gasteiger partial charge in [0.1, 0.15) is 5.82 Å². The average molecular weight is 253 g/mol. The summed E-state index contributed by atoms with van der Waals surface area (Å²) >= 11 is 0. The zero-order chi connectivity index (χ0) is 13.7. The summed E-state index contributed by atoms with van der Waals surface area (Å²) in [7, 11) is 1.55. The first kappa shape index (κ1) is 13.7. The van der Waals surface area contributed by atoms with Gasteiger partial charge in [-0.1, -0.05) is 0 Å². The van der Waals surface area contributed by atoms with Crippen LogP contribution in [0.1, 0.15) is 6.92 Å². The van der Waals surface area contributed by atoms with E-state index < -0.39 is 4.92 Å². The lowest BCUT2D eigenvalue weighted by Crippen LogP contribution is -2.35. The van der Waals surface area contributed by atoms with Crippen LogP contribution in [0.15, 0.2) is 12.1 Å². The Morgan fingerprint density at radius 3 is 2.83 bits per heavy atom. The minimum absolute atomic E-state index is 0.0227. The maximum Gasteiger partial charge on any atom is 0.311 e. The van der Waals surface area contributed by atoms with Gasteiger partial charge in [-0.2, -0.15) is 0 Å². The fourth-order valence-electron chi connectivity index (χ4n) is 1.42. The zero-order valence-corrected chi connectivity index (χ0v) is 10.2. The molecule has 0 aliphatic rings. The van der Waals surface area contributed by atoms with Gasteiger partial charge >= 0.3 is 5.69 Å². The van der Waals surface area contributed by atoms with Crippen molar-refractivity contribution in [2.45, 2.75) is 6.92 Å². The summed E-state index contributed by atoms with van der Waals surface area (Å²) in [4.78, 5) is 27.0. The first-order valence-electron chi connectivity index (χ1n) is 5.34. The Hall–Kier alpha value is -2.38. The van der Waals surface area contributed by atoms with Crippen LogP contribution in [0.3, 0.4) is 0 Å². The number of aromatic nitrogens is 1. The molecule has 0 bridgehead atoms. The van der Waals surface area contributed by atoms with Crippen LogP contribution < -0.4 is 16.0 Å². The number of hydrogen-bond donors (Lipinski definition) is 2. The fraction of sp³-hybridized carbons (Fsp3) is 0.400. The van der Waals surface area contributed by atoms with E-state index in [4.69, 9.17) is 5.73 Å². The molecule has 1 aromatic heterocycles. The quantitative estimate of drug-likeness (QED) is 0.570. The van der Waals surface area contributed by atoms with Crippen LogP contribution in [0.4, 0.5) is 17.3 Å². The number of nitrogens with two attached hydrogens (primary N) is 1. The highest BCUT2D eigenvalue weighted by Gasteiger charge is 2.20. The monoisotopic (exact) mass is 253 g/mol. The molecule has 1 rings (SSSR count). The van der Waals surface area contributed by atoms with E-state index in [1.807, 2.05) is 0 Å². The molecule has 0 saturated carbocycles. The normalized spacial score (nSPS) is 9.89. The summed E-state index contributed by atoms with van der Waals surface area (Å²) in [5.74, 6) is 0.00289. The van der Waals surface area contributed by atoms with Gasteiger partial charge in [-0.25, -0.2) is 4.98 Å². The van der Waals surface area contributed by atoms with Crippen LogP contribution in [-0.4, -0.2) is 36.0 Å². The molecule has 1 aromatic rings. The van der Waals surface area contributed by atoms with Gasteiger partial charge in [-0.15, -0.1) is 0 Å². The van der Waals surface area contributed by atoms with E-state index in [1.165, 1.54) is 17.0 Å². The molecule has 18 heavy (non-hydrogen) atoms. The number of carbonyl (C=O) groups is 1. The van der Waals surface area contributed by atoms with Crippen LogP contribution in [-0.2, 0) is 4.79 Å². The Morgan fingerprint density at radius 1 is 1.61 bits per heavy atom. The molecule has 0 aliphatic carbocycles. The van der Waals surface area contributed by atoms with E-state index in [2.05, 4.69) is 10.3 Å². The molecule has 0 fully saturated rings. The van der Waals surface area contributed by atoms with Gasteiger partial charge in [0.2, 0.25) is 11.7 Å². The van der Waals surface area contributed by atoms with Crippen molar-refractivity contribution in [3.05, 3.63) is 22.2 Å². The summed E-state index contributed by atoms with van der Waals surface area (Å²) in [6, 6.07) is 2.62.